The number of carbonyl (C=O) groups excluding carboxylic acids is 2. The van der Waals surface area contributed by atoms with Crippen molar-refractivity contribution in [3.8, 4) is 17.2 Å². The van der Waals surface area contributed by atoms with Crippen LogP contribution >= 0.6 is 0 Å². The molecule has 188 valence electrons. The number of alkyl halides is 3. The second-order valence-electron chi connectivity index (χ2n) is 8.10. The zero-order chi connectivity index (χ0) is 25.4. The maximum absolute atomic E-state index is 13.9. The molecule has 0 aliphatic carbocycles. The molecule has 0 unspecified atom stereocenters. The number of aromatic nitrogens is 2. The Labute approximate surface area is 202 Å². The highest BCUT2D eigenvalue weighted by atomic mass is 19.4. The molecule has 0 fully saturated rings. The zero-order valence-electron chi connectivity index (χ0n) is 18.8. The first-order chi connectivity index (χ1) is 17.2. The molecule has 2 aliphatic rings. The molecule has 13 heteroatoms. The van der Waals surface area contributed by atoms with Gasteiger partial charge in [-0.25, -0.2) is 4.68 Å². The maximum Gasteiger partial charge on any atom is 0.410 e. The fraction of sp³-hybridized carbons (Fsp3) is 0.261. The molecule has 5 rings (SSSR count). The Morgan fingerprint density at radius 1 is 1.06 bits per heavy atom. The summed E-state index contributed by atoms with van der Waals surface area (Å²) in [5, 5.41) is 6.88. The summed E-state index contributed by atoms with van der Waals surface area (Å²) < 4.78 is 58.2. The lowest BCUT2D eigenvalue weighted by Gasteiger charge is -2.33. The lowest BCUT2D eigenvalue weighted by Crippen LogP contribution is -2.42. The Kier molecular flexibility index (Phi) is 5.82. The Morgan fingerprint density at radius 2 is 1.78 bits per heavy atom. The van der Waals surface area contributed by atoms with E-state index in [9.17, 15) is 22.8 Å². The Bertz CT molecular complexity index is 1310. The molecule has 0 spiro atoms. The molecule has 1 aromatic heterocycles. The Morgan fingerprint density at radius 3 is 2.50 bits per heavy atom. The van der Waals surface area contributed by atoms with Crippen molar-refractivity contribution in [1.82, 2.24) is 20.6 Å². The number of hydrazine groups is 1. The molecule has 10 nitrogen and oxygen atoms in total. The van der Waals surface area contributed by atoms with Crippen LogP contribution in [0.1, 0.15) is 44.9 Å². The molecule has 2 aliphatic heterocycles. The van der Waals surface area contributed by atoms with Gasteiger partial charge < -0.3 is 19.5 Å². The van der Waals surface area contributed by atoms with Gasteiger partial charge in [-0.2, -0.15) is 18.3 Å². The van der Waals surface area contributed by atoms with Crippen LogP contribution in [0.2, 0.25) is 0 Å². The standard InChI is InChI=1S/C23H20F3N5O5/c1-34-14-5-2-12(3-6-14)21(32)28-29-22(33)16-10-20-27-15(9-19(23(24,25)26)31(20)30-16)13-4-7-17-18(8-13)36-11-35-17/h2-8,10,15,19,27H,9,11H2,1H3,(H,28,32)(H,29,33)/t15-,19+/m0/s1. The number of hydrogen-bond acceptors (Lipinski definition) is 7. The van der Waals surface area contributed by atoms with E-state index in [1.54, 1.807) is 30.3 Å². The molecule has 0 saturated heterocycles. The largest absolute Gasteiger partial charge is 0.497 e. The second kappa shape index (κ2) is 8.98. The molecule has 0 radical (unpaired) electrons. The van der Waals surface area contributed by atoms with E-state index >= 15 is 0 Å². The molecule has 3 N–H and O–H groups in total. The molecule has 0 saturated carbocycles. The van der Waals surface area contributed by atoms with Crippen LogP contribution in [-0.2, 0) is 0 Å². The molecule has 2 amide bonds. The van der Waals surface area contributed by atoms with Gasteiger partial charge in [0.05, 0.1) is 13.2 Å². The Balaban J connectivity index is 1.33. The van der Waals surface area contributed by atoms with Gasteiger partial charge in [0.1, 0.15) is 11.6 Å². The number of fused-ring (bicyclic) bond motifs is 2. The quantitative estimate of drug-likeness (QED) is 0.468. The highest BCUT2D eigenvalue weighted by molar-refractivity contribution is 5.98. The van der Waals surface area contributed by atoms with Crippen LogP contribution in [0.25, 0.3) is 0 Å². The van der Waals surface area contributed by atoms with E-state index in [-0.39, 0.29) is 30.3 Å². The van der Waals surface area contributed by atoms with E-state index in [0.29, 0.717) is 22.8 Å². The minimum atomic E-state index is -4.62. The highest BCUT2D eigenvalue weighted by Crippen LogP contribution is 2.45. The number of benzene rings is 2. The predicted octanol–water partition coefficient (Wildman–Crippen LogP) is 3.36. The molecule has 2 aromatic carbocycles. The number of hydrogen-bond donors (Lipinski definition) is 3. The van der Waals surface area contributed by atoms with Gasteiger partial charge in [0, 0.05) is 18.1 Å². The summed E-state index contributed by atoms with van der Waals surface area (Å²) in [7, 11) is 1.48. The normalized spacial score (nSPS) is 18.1. The van der Waals surface area contributed by atoms with E-state index in [1.165, 1.54) is 25.3 Å². The van der Waals surface area contributed by atoms with E-state index in [2.05, 4.69) is 21.3 Å². The predicted molar refractivity (Wildman–Crippen MR) is 119 cm³/mol. The molecule has 0 bridgehead atoms. The van der Waals surface area contributed by atoms with E-state index in [0.717, 1.165) is 4.68 Å². The summed E-state index contributed by atoms with van der Waals surface area (Å²) in [5.41, 5.74) is 4.90. The SMILES string of the molecule is COc1ccc(C(=O)NNC(=O)c2cc3n(n2)[C@@H](C(F)(F)F)C[C@@H](c2ccc4c(c2)OCO4)N3)cc1. The molecule has 3 aromatic rings. The lowest BCUT2D eigenvalue weighted by molar-refractivity contribution is -0.173. The van der Waals surface area contributed by atoms with E-state index in [1.807, 2.05) is 0 Å². The summed E-state index contributed by atoms with van der Waals surface area (Å²) >= 11 is 0. The first-order valence-electron chi connectivity index (χ1n) is 10.8. The number of methoxy groups -OCH3 is 1. The average molecular weight is 503 g/mol. The number of nitrogens with zero attached hydrogens (tertiary/aromatic N) is 2. The number of nitrogens with one attached hydrogen (secondary N) is 3. The number of amides is 2. The van der Waals surface area contributed by atoms with Gasteiger partial charge in [-0.05, 0) is 42.0 Å². The van der Waals surface area contributed by atoms with Crippen LogP contribution in [-0.4, -0.2) is 41.7 Å². The van der Waals surface area contributed by atoms with Crippen molar-refractivity contribution in [3.05, 3.63) is 65.4 Å². The number of rotatable bonds is 4. The van der Waals surface area contributed by atoms with Crippen LogP contribution < -0.4 is 30.4 Å². The van der Waals surface area contributed by atoms with Crippen molar-refractivity contribution in [2.24, 2.45) is 0 Å². The number of anilines is 1. The third-order valence-electron chi connectivity index (χ3n) is 5.86. The monoisotopic (exact) mass is 503 g/mol. The molecule has 36 heavy (non-hydrogen) atoms. The molecule has 2 atom stereocenters. The third kappa shape index (κ3) is 4.46. The van der Waals surface area contributed by atoms with Gasteiger partial charge in [-0.1, -0.05) is 6.07 Å². The summed E-state index contributed by atoms with van der Waals surface area (Å²) in [6, 6.07) is 9.55. The number of carbonyl (C=O) groups is 2. The zero-order valence-corrected chi connectivity index (χ0v) is 18.8. The van der Waals surface area contributed by atoms with E-state index < -0.39 is 30.1 Å². The number of ether oxygens (including phenoxy) is 3. The van der Waals surface area contributed by atoms with Crippen LogP contribution in [0.5, 0.6) is 17.2 Å². The van der Waals surface area contributed by atoms with Crippen molar-refractivity contribution in [3.63, 3.8) is 0 Å². The Hall–Kier alpha value is -4.42. The summed E-state index contributed by atoms with van der Waals surface area (Å²) in [6.07, 6.45) is -4.97. The molecular formula is C23H20F3N5O5. The van der Waals surface area contributed by atoms with Crippen LogP contribution in [0.15, 0.2) is 48.5 Å². The van der Waals surface area contributed by atoms with Gasteiger partial charge in [0.2, 0.25) is 6.79 Å². The smallest absolute Gasteiger partial charge is 0.410 e. The van der Waals surface area contributed by atoms with Crippen molar-refractivity contribution < 1.29 is 37.0 Å². The molecular weight excluding hydrogens is 483 g/mol. The van der Waals surface area contributed by atoms with Crippen LogP contribution in [0, 0.1) is 0 Å². The second-order valence-corrected chi connectivity index (χ2v) is 8.10. The van der Waals surface area contributed by atoms with Crippen LogP contribution in [0.3, 0.4) is 0 Å². The van der Waals surface area contributed by atoms with Crippen molar-refractivity contribution in [2.75, 3.05) is 19.2 Å². The lowest BCUT2D eigenvalue weighted by atomic mass is 9.96. The summed E-state index contributed by atoms with van der Waals surface area (Å²) in [5.74, 6) is 0.0281. The first kappa shape index (κ1) is 23.3. The fourth-order valence-corrected chi connectivity index (χ4v) is 4.03. The van der Waals surface area contributed by atoms with Crippen molar-refractivity contribution in [2.45, 2.75) is 24.7 Å². The molecule has 3 heterocycles. The first-order valence-corrected chi connectivity index (χ1v) is 10.8. The van der Waals surface area contributed by atoms with Gasteiger partial charge in [-0.15, -0.1) is 0 Å². The van der Waals surface area contributed by atoms with Gasteiger partial charge >= 0.3 is 6.18 Å². The van der Waals surface area contributed by atoms with Crippen molar-refractivity contribution >= 4 is 17.6 Å². The summed E-state index contributed by atoms with van der Waals surface area (Å²) in [4.78, 5) is 24.8. The minimum absolute atomic E-state index is 0.0119. The summed E-state index contributed by atoms with van der Waals surface area (Å²) in [6.45, 7) is 0.0440. The van der Waals surface area contributed by atoms with Gasteiger partial charge in [0.15, 0.2) is 23.2 Å². The fourth-order valence-electron chi connectivity index (χ4n) is 4.03. The maximum atomic E-state index is 13.9. The number of halogens is 3. The topological polar surface area (TPSA) is 116 Å². The van der Waals surface area contributed by atoms with Crippen molar-refractivity contribution in [1.29, 1.82) is 0 Å². The third-order valence-corrected chi connectivity index (χ3v) is 5.86. The van der Waals surface area contributed by atoms with Gasteiger partial charge in [-0.3, -0.25) is 20.4 Å². The van der Waals surface area contributed by atoms with E-state index in [4.69, 9.17) is 14.2 Å². The average Bonchev–Trinajstić information content (AvgIpc) is 3.52. The minimum Gasteiger partial charge on any atom is -0.497 e. The highest BCUT2D eigenvalue weighted by Gasteiger charge is 2.47. The van der Waals surface area contributed by atoms with Gasteiger partial charge in [0.25, 0.3) is 11.8 Å². The van der Waals surface area contributed by atoms with Crippen LogP contribution in [0.4, 0.5) is 19.0 Å².